The second kappa shape index (κ2) is 6.89. The van der Waals surface area contributed by atoms with Crippen molar-refractivity contribution in [3.8, 4) is 0 Å². The second-order valence-electron chi connectivity index (χ2n) is 7.81. The molecule has 3 heterocycles. The third kappa shape index (κ3) is 3.21. The molecule has 1 saturated carbocycles. The van der Waals surface area contributed by atoms with E-state index in [2.05, 4.69) is 30.9 Å². The zero-order valence-corrected chi connectivity index (χ0v) is 16.0. The fourth-order valence-electron chi connectivity index (χ4n) is 4.20. The number of carbonyl (C=O) groups excluding carboxylic acids is 1. The number of hydrogen-bond acceptors (Lipinski definition) is 5. The highest BCUT2D eigenvalue weighted by Gasteiger charge is 2.37. The number of aryl methyl sites for hydroxylation is 1. The second-order valence-corrected chi connectivity index (χ2v) is 7.81. The van der Waals surface area contributed by atoms with E-state index in [1.807, 2.05) is 30.0 Å². The average Bonchev–Trinajstić information content (AvgIpc) is 3.43. The number of imidazole rings is 1. The summed E-state index contributed by atoms with van der Waals surface area (Å²) in [6, 6.07) is 8.77. The first-order chi connectivity index (χ1) is 13.7. The topological polar surface area (TPSA) is 78.0 Å². The summed E-state index contributed by atoms with van der Waals surface area (Å²) in [6.45, 7) is 3.56. The molecule has 1 saturated heterocycles. The number of fused-ring (bicyclic) bond motifs is 1. The Morgan fingerprint density at radius 1 is 1.07 bits per heavy atom. The number of aromatic amines is 1. The van der Waals surface area contributed by atoms with Gasteiger partial charge in [0.1, 0.15) is 12.1 Å². The van der Waals surface area contributed by atoms with Crippen molar-refractivity contribution < 1.29 is 4.79 Å². The molecule has 28 heavy (non-hydrogen) atoms. The summed E-state index contributed by atoms with van der Waals surface area (Å²) >= 11 is 0. The van der Waals surface area contributed by atoms with E-state index < -0.39 is 0 Å². The first-order valence-electron chi connectivity index (χ1n) is 9.98. The Hall–Kier alpha value is -2.96. The van der Waals surface area contributed by atoms with Crippen molar-refractivity contribution in [3.63, 3.8) is 0 Å². The highest BCUT2D eigenvalue weighted by Crippen LogP contribution is 2.35. The number of H-pyrrole nitrogens is 1. The van der Waals surface area contributed by atoms with Crippen molar-refractivity contribution >= 4 is 22.8 Å². The minimum atomic E-state index is 0.103. The molecule has 0 atom stereocenters. The lowest BCUT2D eigenvalue weighted by Crippen LogP contribution is -2.48. The number of nitrogens with zero attached hydrogens (tertiary/aromatic N) is 5. The summed E-state index contributed by atoms with van der Waals surface area (Å²) in [5.41, 5.74) is 3.51. The number of likely N-dealkylation sites (tertiary alicyclic amines) is 1. The number of nitrogens with one attached hydrogen (secondary N) is 1. The monoisotopic (exact) mass is 376 g/mol. The van der Waals surface area contributed by atoms with E-state index in [4.69, 9.17) is 0 Å². The first-order valence-corrected chi connectivity index (χ1v) is 9.98. The number of hydrogen-bond donors (Lipinski definition) is 1. The Labute approximate surface area is 163 Å². The number of piperidine rings is 1. The van der Waals surface area contributed by atoms with Crippen molar-refractivity contribution in [2.45, 2.75) is 44.7 Å². The summed E-state index contributed by atoms with van der Waals surface area (Å²) < 4.78 is 0. The van der Waals surface area contributed by atoms with Crippen LogP contribution in [0.2, 0.25) is 0 Å². The molecule has 7 nitrogen and oxygen atoms in total. The summed E-state index contributed by atoms with van der Waals surface area (Å²) in [6.07, 6.45) is 7.71. The minimum Gasteiger partial charge on any atom is -0.350 e. The summed E-state index contributed by atoms with van der Waals surface area (Å²) in [5.74, 6) is 1.13. The number of amides is 1. The summed E-state index contributed by atoms with van der Waals surface area (Å²) in [7, 11) is 0. The van der Waals surface area contributed by atoms with Crippen LogP contribution in [-0.2, 0) is 0 Å². The van der Waals surface area contributed by atoms with E-state index in [9.17, 15) is 4.79 Å². The van der Waals surface area contributed by atoms with Gasteiger partial charge in [-0.05, 0) is 50.8 Å². The van der Waals surface area contributed by atoms with E-state index >= 15 is 0 Å². The number of anilines is 1. The molecule has 3 aromatic rings. The minimum absolute atomic E-state index is 0.103. The number of benzene rings is 1. The summed E-state index contributed by atoms with van der Waals surface area (Å²) in [5, 5.41) is 0. The van der Waals surface area contributed by atoms with Crippen LogP contribution in [0.1, 0.15) is 41.7 Å². The molecule has 144 valence electrons. The Morgan fingerprint density at radius 3 is 2.61 bits per heavy atom. The SMILES string of the molecule is Cc1cc(N(C2CC2)C2CCN(C(=O)c3ccc4nc[nH]c4c3)CC2)ncn1. The zero-order chi connectivity index (χ0) is 19.1. The predicted octanol–water partition coefficient (Wildman–Crippen LogP) is 2.93. The van der Waals surface area contributed by atoms with Gasteiger partial charge >= 0.3 is 0 Å². The van der Waals surface area contributed by atoms with Gasteiger partial charge < -0.3 is 14.8 Å². The Balaban J connectivity index is 1.29. The van der Waals surface area contributed by atoms with Gasteiger partial charge in [0.15, 0.2) is 0 Å². The molecule has 1 amide bonds. The van der Waals surface area contributed by atoms with Gasteiger partial charge in [-0.2, -0.15) is 0 Å². The van der Waals surface area contributed by atoms with Crippen LogP contribution in [0.15, 0.2) is 36.9 Å². The predicted molar refractivity (Wildman–Crippen MR) is 107 cm³/mol. The highest BCUT2D eigenvalue weighted by atomic mass is 16.2. The summed E-state index contributed by atoms with van der Waals surface area (Å²) in [4.78, 5) is 33.5. The molecule has 1 aromatic carbocycles. The van der Waals surface area contributed by atoms with Crippen molar-refractivity contribution in [2.24, 2.45) is 0 Å². The van der Waals surface area contributed by atoms with E-state index in [-0.39, 0.29) is 5.91 Å². The third-order valence-electron chi connectivity index (χ3n) is 5.81. The van der Waals surface area contributed by atoms with Crippen LogP contribution in [-0.4, -0.2) is 55.9 Å². The van der Waals surface area contributed by atoms with E-state index in [1.54, 1.807) is 12.7 Å². The van der Waals surface area contributed by atoms with Crippen LogP contribution in [0, 0.1) is 6.92 Å². The molecule has 7 heteroatoms. The largest absolute Gasteiger partial charge is 0.350 e. The van der Waals surface area contributed by atoms with E-state index in [0.717, 1.165) is 54.0 Å². The molecule has 2 aromatic heterocycles. The van der Waals surface area contributed by atoms with Gasteiger partial charge in [-0.1, -0.05) is 0 Å². The van der Waals surface area contributed by atoms with Gasteiger partial charge in [-0.15, -0.1) is 0 Å². The number of carbonyl (C=O) groups is 1. The lowest BCUT2D eigenvalue weighted by Gasteiger charge is -2.39. The molecule has 0 bridgehead atoms. The average molecular weight is 376 g/mol. The van der Waals surface area contributed by atoms with Gasteiger partial charge in [0, 0.05) is 42.5 Å². The van der Waals surface area contributed by atoms with Crippen LogP contribution in [0.3, 0.4) is 0 Å². The van der Waals surface area contributed by atoms with Gasteiger partial charge in [0.25, 0.3) is 5.91 Å². The molecule has 0 radical (unpaired) electrons. The van der Waals surface area contributed by atoms with Crippen molar-refractivity contribution in [1.29, 1.82) is 0 Å². The zero-order valence-electron chi connectivity index (χ0n) is 16.0. The molecule has 1 aliphatic carbocycles. The van der Waals surface area contributed by atoms with E-state index in [0.29, 0.717) is 12.1 Å². The van der Waals surface area contributed by atoms with Crippen LogP contribution < -0.4 is 4.90 Å². The molecular formula is C21H24N6O. The maximum Gasteiger partial charge on any atom is 0.253 e. The van der Waals surface area contributed by atoms with Crippen molar-refractivity contribution in [3.05, 3.63) is 48.2 Å². The van der Waals surface area contributed by atoms with Crippen molar-refractivity contribution in [2.75, 3.05) is 18.0 Å². The van der Waals surface area contributed by atoms with Crippen LogP contribution in [0.5, 0.6) is 0 Å². The fraction of sp³-hybridized carbons (Fsp3) is 0.429. The van der Waals surface area contributed by atoms with Crippen molar-refractivity contribution in [1.82, 2.24) is 24.8 Å². The highest BCUT2D eigenvalue weighted by molar-refractivity contribution is 5.97. The quantitative estimate of drug-likeness (QED) is 0.757. The van der Waals surface area contributed by atoms with Gasteiger partial charge in [0.05, 0.1) is 17.4 Å². The normalized spacial score (nSPS) is 17.8. The smallest absolute Gasteiger partial charge is 0.253 e. The Bertz CT molecular complexity index is 1000. The molecule has 1 N–H and O–H groups in total. The molecule has 2 aliphatic rings. The standard InChI is InChI=1S/C21H24N6O/c1-14-10-20(25-12-22-14)27(16-3-4-16)17-6-8-26(9-7-17)21(28)15-2-5-18-19(11-15)24-13-23-18/h2,5,10-13,16-17H,3-4,6-9H2,1H3,(H,23,24). The Kier molecular flexibility index (Phi) is 4.22. The molecule has 0 spiro atoms. The third-order valence-corrected chi connectivity index (χ3v) is 5.81. The lowest BCUT2D eigenvalue weighted by atomic mass is 10.0. The maximum absolute atomic E-state index is 13.0. The van der Waals surface area contributed by atoms with Gasteiger partial charge in [0.2, 0.25) is 0 Å². The fourth-order valence-corrected chi connectivity index (χ4v) is 4.20. The molecule has 1 aliphatic heterocycles. The number of rotatable bonds is 4. The number of aromatic nitrogens is 4. The molecule has 0 unspecified atom stereocenters. The first kappa shape index (κ1) is 17.2. The van der Waals surface area contributed by atoms with Gasteiger partial charge in [-0.3, -0.25) is 4.79 Å². The molecule has 5 rings (SSSR count). The Morgan fingerprint density at radius 2 is 1.86 bits per heavy atom. The van der Waals surface area contributed by atoms with Crippen LogP contribution >= 0.6 is 0 Å². The lowest BCUT2D eigenvalue weighted by molar-refractivity contribution is 0.0712. The van der Waals surface area contributed by atoms with Crippen LogP contribution in [0.4, 0.5) is 5.82 Å². The van der Waals surface area contributed by atoms with Crippen LogP contribution in [0.25, 0.3) is 11.0 Å². The maximum atomic E-state index is 13.0. The molecular weight excluding hydrogens is 352 g/mol. The molecule has 2 fully saturated rings. The van der Waals surface area contributed by atoms with E-state index in [1.165, 1.54) is 12.8 Å². The van der Waals surface area contributed by atoms with Gasteiger partial charge in [-0.25, -0.2) is 15.0 Å².